The molecule has 1 atom stereocenters. The summed E-state index contributed by atoms with van der Waals surface area (Å²) in [4.78, 5) is 33.3. The first-order valence-electron chi connectivity index (χ1n) is 10.2. The maximum atomic E-state index is 13.5. The molecule has 3 aromatic rings. The highest BCUT2D eigenvalue weighted by Crippen LogP contribution is 2.31. The van der Waals surface area contributed by atoms with E-state index in [1.54, 1.807) is 22.4 Å². The van der Waals surface area contributed by atoms with Crippen LogP contribution in [0, 0.1) is 0 Å². The lowest BCUT2D eigenvalue weighted by Crippen LogP contribution is -2.39. The Bertz CT molecular complexity index is 1380. The zero-order chi connectivity index (χ0) is 23.0. The Morgan fingerprint density at radius 2 is 2.00 bits per heavy atom. The number of anilines is 1. The van der Waals surface area contributed by atoms with Crippen LogP contribution in [0.5, 0.6) is 0 Å². The van der Waals surface area contributed by atoms with Crippen LogP contribution in [-0.2, 0) is 16.1 Å². The second-order valence-corrected chi connectivity index (χ2v) is 8.70. The normalized spacial score (nSPS) is 16.0. The smallest absolute Gasteiger partial charge is 0.338 e. The number of aromatic nitrogens is 3. The van der Waals surface area contributed by atoms with Crippen LogP contribution >= 0.6 is 11.3 Å². The first-order valence-corrected chi connectivity index (χ1v) is 11.1. The summed E-state index contributed by atoms with van der Waals surface area (Å²) < 4.78 is 8.98. The first-order chi connectivity index (χ1) is 15.3. The van der Waals surface area contributed by atoms with Crippen LogP contribution < -0.4 is 19.8 Å². The number of hydrogen-bond acceptors (Lipinski definition) is 7. The number of thiazole rings is 1. The number of benzene rings is 1. The molecule has 0 spiro atoms. The Morgan fingerprint density at radius 3 is 2.59 bits per heavy atom. The predicted molar refractivity (Wildman–Crippen MR) is 124 cm³/mol. The van der Waals surface area contributed by atoms with Crippen LogP contribution in [0.3, 0.4) is 0 Å². The SMILES string of the molecule is CCn1cc(C=c2sc3n(c2=O)C(c2ccc(N(C)C)cc2)C(C(=O)OC)=C(C)N=3)cn1. The molecule has 0 aliphatic carbocycles. The molecular formula is C23H25N5O3S. The Kier molecular flexibility index (Phi) is 5.84. The molecular weight excluding hydrogens is 426 g/mol. The number of nitrogens with zero attached hydrogens (tertiary/aromatic N) is 5. The highest BCUT2D eigenvalue weighted by atomic mass is 32.1. The van der Waals surface area contributed by atoms with Gasteiger partial charge in [0.2, 0.25) is 0 Å². The fraction of sp³-hybridized carbons (Fsp3) is 0.304. The van der Waals surface area contributed by atoms with E-state index in [4.69, 9.17) is 4.74 Å². The zero-order valence-electron chi connectivity index (χ0n) is 18.7. The number of carbonyl (C=O) groups excluding carboxylic acids is 1. The van der Waals surface area contributed by atoms with Crippen molar-refractivity contribution in [2.24, 2.45) is 4.99 Å². The zero-order valence-corrected chi connectivity index (χ0v) is 19.5. The van der Waals surface area contributed by atoms with Crippen LogP contribution in [0.15, 0.2) is 57.7 Å². The number of fused-ring (bicyclic) bond motifs is 1. The van der Waals surface area contributed by atoms with Gasteiger partial charge in [0.1, 0.15) is 0 Å². The minimum atomic E-state index is -0.615. The molecule has 2 aromatic heterocycles. The van der Waals surface area contributed by atoms with Crippen molar-refractivity contribution in [1.82, 2.24) is 14.3 Å². The second kappa shape index (κ2) is 8.58. The Labute approximate surface area is 189 Å². The van der Waals surface area contributed by atoms with Gasteiger partial charge in [-0.15, -0.1) is 0 Å². The summed E-state index contributed by atoms with van der Waals surface area (Å²) in [6, 6.07) is 7.19. The number of rotatable bonds is 5. The van der Waals surface area contributed by atoms with Crippen LogP contribution in [-0.4, -0.2) is 41.5 Å². The van der Waals surface area contributed by atoms with Crippen molar-refractivity contribution in [2.45, 2.75) is 26.4 Å². The molecule has 0 amide bonds. The molecule has 0 N–H and O–H groups in total. The Balaban J connectivity index is 1.92. The lowest BCUT2D eigenvalue weighted by atomic mass is 9.95. The lowest BCUT2D eigenvalue weighted by molar-refractivity contribution is -0.136. The molecule has 3 heterocycles. The largest absolute Gasteiger partial charge is 0.466 e. The van der Waals surface area contributed by atoms with E-state index in [-0.39, 0.29) is 5.56 Å². The van der Waals surface area contributed by atoms with Gasteiger partial charge < -0.3 is 9.64 Å². The topological polar surface area (TPSA) is 81.7 Å². The number of esters is 1. The van der Waals surface area contributed by atoms with E-state index in [2.05, 4.69) is 10.1 Å². The van der Waals surface area contributed by atoms with Crippen molar-refractivity contribution in [3.8, 4) is 0 Å². The Hall–Kier alpha value is -3.46. The van der Waals surface area contributed by atoms with E-state index >= 15 is 0 Å². The maximum absolute atomic E-state index is 13.5. The molecule has 8 nitrogen and oxygen atoms in total. The van der Waals surface area contributed by atoms with Gasteiger partial charge in [0, 0.05) is 38.1 Å². The fourth-order valence-electron chi connectivity index (χ4n) is 3.74. The molecule has 4 rings (SSSR count). The van der Waals surface area contributed by atoms with E-state index in [0.29, 0.717) is 20.6 Å². The molecule has 9 heteroatoms. The van der Waals surface area contributed by atoms with Gasteiger partial charge in [-0.1, -0.05) is 23.5 Å². The third kappa shape index (κ3) is 3.80. The standard InChI is InChI=1S/C23H25N5O3S/c1-6-27-13-15(12-24-27)11-18-21(29)28-20(16-7-9-17(10-8-16)26(3)4)19(22(30)31-5)14(2)25-23(28)32-18/h7-13,20H,6H2,1-5H3. The summed E-state index contributed by atoms with van der Waals surface area (Å²) in [5.41, 5.74) is 3.39. The summed E-state index contributed by atoms with van der Waals surface area (Å²) in [6.45, 7) is 4.53. The minimum absolute atomic E-state index is 0.200. The molecule has 0 radical (unpaired) electrons. The van der Waals surface area contributed by atoms with Gasteiger partial charge >= 0.3 is 5.97 Å². The number of ether oxygens (including phenoxy) is 1. The minimum Gasteiger partial charge on any atom is -0.466 e. The summed E-state index contributed by atoms with van der Waals surface area (Å²) in [6.07, 6.45) is 5.43. The van der Waals surface area contributed by atoms with Crippen molar-refractivity contribution in [3.63, 3.8) is 0 Å². The lowest BCUT2D eigenvalue weighted by Gasteiger charge is -2.25. The van der Waals surface area contributed by atoms with Gasteiger partial charge in [0.05, 0.1) is 35.2 Å². The molecule has 0 bridgehead atoms. The average Bonchev–Trinajstić information content (AvgIpc) is 3.36. The highest BCUT2D eigenvalue weighted by molar-refractivity contribution is 7.07. The molecule has 166 valence electrons. The monoisotopic (exact) mass is 451 g/mol. The number of allylic oxidation sites excluding steroid dienone is 1. The highest BCUT2D eigenvalue weighted by Gasteiger charge is 2.33. The molecule has 1 unspecified atom stereocenters. The van der Waals surface area contributed by atoms with E-state index in [1.807, 2.05) is 62.5 Å². The Morgan fingerprint density at radius 1 is 1.28 bits per heavy atom. The molecule has 0 fully saturated rings. The number of hydrogen-bond donors (Lipinski definition) is 0. The summed E-state index contributed by atoms with van der Waals surface area (Å²) in [5.74, 6) is -0.494. The summed E-state index contributed by atoms with van der Waals surface area (Å²) in [5, 5.41) is 4.27. The molecule has 1 aliphatic rings. The second-order valence-electron chi connectivity index (χ2n) is 7.69. The van der Waals surface area contributed by atoms with Gasteiger partial charge in [0.15, 0.2) is 4.80 Å². The summed E-state index contributed by atoms with van der Waals surface area (Å²) in [7, 11) is 5.26. The number of aryl methyl sites for hydroxylation is 1. The number of carbonyl (C=O) groups is 1. The molecule has 1 aliphatic heterocycles. The van der Waals surface area contributed by atoms with Gasteiger partial charge in [0.25, 0.3) is 5.56 Å². The fourth-order valence-corrected chi connectivity index (χ4v) is 4.79. The van der Waals surface area contributed by atoms with Crippen LogP contribution in [0.2, 0.25) is 0 Å². The van der Waals surface area contributed by atoms with Gasteiger partial charge in [-0.3, -0.25) is 14.0 Å². The quantitative estimate of drug-likeness (QED) is 0.552. The van der Waals surface area contributed by atoms with E-state index in [0.717, 1.165) is 23.4 Å². The van der Waals surface area contributed by atoms with Crippen molar-refractivity contribution in [1.29, 1.82) is 0 Å². The van der Waals surface area contributed by atoms with Gasteiger partial charge in [-0.2, -0.15) is 5.10 Å². The third-order valence-corrected chi connectivity index (χ3v) is 6.41. The molecule has 0 saturated carbocycles. The van der Waals surface area contributed by atoms with E-state index in [9.17, 15) is 9.59 Å². The van der Waals surface area contributed by atoms with Crippen LogP contribution in [0.4, 0.5) is 5.69 Å². The average molecular weight is 452 g/mol. The molecule has 0 saturated heterocycles. The van der Waals surface area contributed by atoms with Crippen LogP contribution in [0.25, 0.3) is 6.08 Å². The van der Waals surface area contributed by atoms with Crippen molar-refractivity contribution < 1.29 is 9.53 Å². The van der Waals surface area contributed by atoms with E-state index in [1.165, 1.54) is 18.4 Å². The van der Waals surface area contributed by atoms with Gasteiger partial charge in [-0.25, -0.2) is 9.79 Å². The predicted octanol–water partition coefficient (Wildman–Crippen LogP) is 1.69. The van der Waals surface area contributed by atoms with E-state index < -0.39 is 12.0 Å². The van der Waals surface area contributed by atoms with Crippen molar-refractivity contribution in [3.05, 3.63) is 78.7 Å². The molecule has 32 heavy (non-hydrogen) atoms. The maximum Gasteiger partial charge on any atom is 0.338 e. The first kappa shape index (κ1) is 21.8. The van der Waals surface area contributed by atoms with Crippen LogP contribution in [0.1, 0.15) is 31.0 Å². The third-order valence-electron chi connectivity index (χ3n) is 5.43. The number of methoxy groups -OCH3 is 1. The molecule has 1 aromatic carbocycles. The summed E-state index contributed by atoms with van der Waals surface area (Å²) >= 11 is 1.30. The van der Waals surface area contributed by atoms with Gasteiger partial charge in [-0.05, 0) is 37.6 Å². The van der Waals surface area contributed by atoms with Crippen molar-refractivity contribution in [2.75, 3.05) is 26.1 Å². The van der Waals surface area contributed by atoms with Crippen molar-refractivity contribution >= 4 is 29.1 Å².